The predicted octanol–water partition coefficient (Wildman–Crippen LogP) is 1.06. The molecule has 0 aromatic rings. The monoisotopic (exact) mass is 144 g/mol. The Morgan fingerprint density at radius 2 is 2.10 bits per heavy atom. The largest absolute Gasteiger partial charge is 0.393 e. The van der Waals surface area contributed by atoms with Crippen LogP contribution < -0.4 is 0 Å². The van der Waals surface area contributed by atoms with E-state index in [-0.39, 0.29) is 6.10 Å². The van der Waals surface area contributed by atoms with Crippen LogP contribution in [-0.2, 0) is 0 Å². The zero-order valence-electron chi connectivity index (χ0n) is 6.51. The van der Waals surface area contributed by atoms with Gasteiger partial charge in [-0.2, -0.15) is 0 Å². The molecular weight excluding hydrogens is 128 g/mol. The van der Waals surface area contributed by atoms with Gasteiger partial charge in [0.2, 0.25) is 0 Å². The molecule has 0 amide bonds. The minimum absolute atomic E-state index is 0.260. The Morgan fingerprint density at radius 1 is 1.50 bits per heavy atom. The normalized spacial score (nSPS) is 25.5. The maximum absolute atomic E-state index is 9.55. The van der Waals surface area contributed by atoms with Gasteiger partial charge in [-0.3, -0.25) is 0 Å². The molecule has 1 atom stereocenters. The van der Waals surface area contributed by atoms with E-state index in [1.807, 2.05) is 0 Å². The van der Waals surface area contributed by atoms with E-state index in [0.29, 0.717) is 0 Å². The summed E-state index contributed by atoms with van der Waals surface area (Å²) in [4.78, 5) is 0. The minimum Gasteiger partial charge on any atom is -0.393 e. The van der Waals surface area contributed by atoms with E-state index < -0.39 is 5.60 Å². The molecule has 1 aliphatic rings. The van der Waals surface area contributed by atoms with Crippen molar-refractivity contribution in [2.24, 2.45) is 0 Å². The fraction of sp³-hybridized carbons (Fsp3) is 1.00. The lowest BCUT2D eigenvalue weighted by atomic mass is 9.77. The zero-order chi connectivity index (χ0) is 7.61. The van der Waals surface area contributed by atoms with Crippen LogP contribution in [0.4, 0.5) is 0 Å². The van der Waals surface area contributed by atoms with Gasteiger partial charge < -0.3 is 10.2 Å². The highest BCUT2D eigenvalue weighted by Gasteiger charge is 2.33. The van der Waals surface area contributed by atoms with E-state index >= 15 is 0 Å². The maximum atomic E-state index is 9.55. The van der Waals surface area contributed by atoms with Crippen molar-refractivity contribution in [2.75, 3.05) is 0 Å². The Balaban J connectivity index is 2.12. The first-order valence-electron chi connectivity index (χ1n) is 4.03. The molecule has 0 spiro atoms. The van der Waals surface area contributed by atoms with Gasteiger partial charge in [0.1, 0.15) is 0 Å². The van der Waals surface area contributed by atoms with Crippen molar-refractivity contribution < 1.29 is 10.2 Å². The molecule has 2 heteroatoms. The van der Waals surface area contributed by atoms with Crippen LogP contribution in [0, 0.1) is 0 Å². The fourth-order valence-corrected chi connectivity index (χ4v) is 1.31. The lowest BCUT2D eigenvalue weighted by Gasteiger charge is -2.36. The van der Waals surface area contributed by atoms with Gasteiger partial charge in [0.05, 0.1) is 11.7 Å². The summed E-state index contributed by atoms with van der Waals surface area (Å²) in [5, 5.41) is 18.5. The summed E-state index contributed by atoms with van der Waals surface area (Å²) in [7, 11) is 0. The molecule has 0 bridgehead atoms. The molecular formula is C8H16O2. The summed E-state index contributed by atoms with van der Waals surface area (Å²) in [5.41, 5.74) is -0.406. The van der Waals surface area contributed by atoms with Gasteiger partial charge in [0.25, 0.3) is 0 Å². The van der Waals surface area contributed by atoms with E-state index in [0.717, 1.165) is 32.1 Å². The van der Waals surface area contributed by atoms with Crippen molar-refractivity contribution in [2.45, 2.75) is 50.7 Å². The van der Waals surface area contributed by atoms with Crippen LogP contribution in [0.25, 0.3) is 0 Å². The Hall–Kier alpha value is -0.0800. The fourth-order valence-electron chi connectivity index (χ4n) is 1.31. The maximum Gasteiger partial charge on any atom is 0.0648 e. The molecule has 2 N–H and O–H groups in total. The molecule has 0 aromatic carbocycles. The Kier molecular flexibility index (Phi) is 2.32. The average molecular weight is 144 g/mol. The van der Waals surface area contributed by atoms with E-state index in [1.165, 1.54) is 0 Å². The smallest absolute Gasteiger partial charge is 0.0648 e. The summed E-state index contributed by atoms with van der Waals surface area (Å²) < 4.78 is 0. The lowest BCUT2D eigenvalue weighted by molar-refractivity contribution is -0.0483. The standard InChI is InChI=1S/C8H16O2/c1-7(9)3-6-8(10)4-2-5-8/h7,9-10H,2-6H2,1H3. The quantitative estimate of drug-likeness (QED) is 0.622. The molecule has 0 radical (unpaired) electrons. The average Bonchev–Trinajstić information content (AvgIpc) is 1.79. The number of hydrogen-bond acceptors (Lipinski definition) is 2. The van der Waals surface area contributed by atoms with Gasteiger partial charge >= 0.3 is 0 Å². The van der Waals surface area contributed by atoms with Gasteiger partial charge in [-0.1, -0.05) is 0 Å². The highest BCUT2D eigenvalue weighted by Crippen LogP contribution is 2.35. The van der Waals surface area contributed by atoms with E-state index in [2.05, 4.69) is 0 Å². The molecule has 0 saturated heterocycles. The third kappa shape index (κ3) is 1.96. The van der Waals surface area contributed by atoms with Gasteiger partial charge in [0, 0.05) is 0 Å². The van der Waals surface area contributed by atoms with Gasteiger partial charge in [0.15, 0.2) is 0 Å². The summed E-state index contributed by atoms with van der Waals surface area (Å²) in [6.45, 7) is 1.77. The predicted molar refractivity (Wildman–Crippen MR) is 39.7 cm³/mol. The molecule has 60 valence electrons. The van der Waals surface area contributed by atoms with E-state index in [9.17, 15) is 5.11 Å². The molecule has 1 rings (SSSR count). The highest BCUT2D eigenvalue weighted by molar-refractivity contribution is 4.87. The Morgan fingerprint density at radius 3 is 2.40 bits per heavy atom. The SMILES string of the molecule is CC(O)CCC1(O)CCC1. The summed E-state index contributed by atoms with van der Waals surface area (Å²) in [5.74, 6) is 0. The number of aliphatic hydroxyl groups is 2. The van der Waals surface area contributed by atoms with Gasteiger partial charge in [-0.05, 0) is 39.0 Å². The molecule has 1 saturated carbocycles. The second-order valence-corrected chi connectivity index (χ2v) is 3.47. The second-order valence-electron chi connectivity index (χ2n) is 3.47. The van der Waals surface area contributed by atoms with E-state index in [1.54, 1.807) is 6.92 Å². The zero-order valence-corrected chi connectivity index (χ0v) is 6.51. The molecule has 1 aliphatic carbocycles. The van der Waals surface area contributed by atoms with Crippen LogP contribution in [0.2, 0.25) is 0 Å². The first-order chi connectivity index (χ1) is 4.62. The van der Waals surface area contributed by atoms with Crippen LogP contribution in [0.15, 0.2) is 0 Å². The molecule has 1 fully saturated rings. The minimum atomic E-state index is -0.406. The molecule has 1 unspecified atom stereocenters. The first-order valence-corrected chi connectivity index (χ1v) is 4.03. The molecule has 0 heterocycles. The Bertz CT molecular complexity index is 106. The van der Waals surface area contributed by atoms with Gasteiger partial charge in [-0.25, -0.2) is 0 Å². The molecule has 10 heavy (non-hydrogen) atoms. The van der Waals surface area contributed by atoms with Crippen molar-refractivity contribution in [3.05, 3.63) is 0 Å². The van der Waals surface area contributed by atoms with Crippen molar-refractivity contribution in [3.63, 3.8) is 0 Å². The first kappa shape index (κ1) is 8.02. The topological polar surface area (TPSA) is 40.5 Å². The third-order valence-electron chi connectivity index (χ3n) is 2.31. The van der Waals surface area contributed by atoms with Gasteiger partial charge in [-0.15, -0.1) is 0 Å². The van der Waals surface area contributed by atoms with Crippen molar-refractivity contribution >= 4 is 0 Å². The van der Waals surface area contributed by atoms with Crippen LogP contribution >= 0.6 is 0 Å². The van der Waals surface area contributed by atoms with Crippen LogP contribution in [0.3, 0.4) is 0 Å². The third-order valence-corrected chi connectivity index (χ3v) is 2.31. The van der Waals surface area contributed by atoms with Crippen LogP contribution in [0.5, 0.6) is 0 Å². The van der Waals surface area contributed by atoms with E-state index in [4.69, 9.17) is 5.11 Å². The second kappa shape index (κ2) is 2.89. The number of aliphatic hydroxyl groups excluding tert-OH is 1. The highest BCUT2D eigenvalue weighted by atomic mass is 16.3. The summed E-state index contributed by atoms with van der Waals surface area (Å²) in [6.07, 6.45) is 4.25. The summed E-state index contributed by atoms with van der Waals surface area (Å²) in [6, 6.07) is 0. The molecule has 2 nitrogen and oxygen atoms in total. The molecule has 0 aromatic heterocycles. The van der Waals surface area contributed by atoms with Crippen molar-refractivity contribution in [1.82, 2.24) is 0 Å². The van der Waals surface area contributed by atoms with Crippen molar-refractivity contribution in [1.29, 1.82) is 0 Å². The van der Waals surface area contributed by atoms with Crippen molar-refractivity contribution in [3.8, 4) is 0 Å². The van der Waals surface area contributed by atoms with Crippen LogP contribution in [0.1, 0.15) is 39.0 Å². The lowest BCUT2D eigenvalue weighted by Crippen LogP contribution is -2.37. The number of rotatable bonds is 3. The van der Waals surface area contributed by atoms with Crippen LogP contribution in [-0.4, -0.2) is 21.9 Å². The Labute approximate surface area is 61.9 Å². The summed E-state index contributed by atoms with van der Waals surface area (Å²) >= 11 is 0. The number of hydrogen-bond donors (Lipinski definition) is 2. The molecule has 0 aliphatic heterocycles.